The lowest BCUT2D eigenvalue weighted by atomic mass is 10.6. The predicted octanol–water partition coefficient (Wildman–Crippen LogP) is 0.955. The zero-order chi connectivity index (χ0) is 9.73. The fourth-order valence-corrected chi connectivity index (χ4v) is 2.19. The van der Waals surface area contributed by atoms with Crippen molar-refractivity contribution in [1.29, 1.82) is 0 Å². The minimum Gasteiger partial charge on any atom is -0.462 e. The summed E-state index contributed by atoms with van der Waals surface area (Å²) in [5.41, 5.74) is 0. The Morgan fingerprint density at radius 3 is 2.69 bits per heavy atom. The van der Waals surface area contributed by atoms with Gasteiger partial charge in [0.15, 0.2) is 0 Å². The molecule has 0 spiro atoms. The summed E-state index contributed by atoms with van der Waals surface area (Å²) in [6, 6.07) is 0. The molecule has 5 nitrogen and oxygen atoms in total. The van der Waals surface area contributed by atoms with Crippen molar-refractivity contribution in [1.82, 2.24) is 0 Å². The third kappa shape index (κ3) is 3.30. The zero-order valence-corrected chi connectivity index (χ0v) is 8.00. The molecule has 0 radical (unpaired) electrons. The standard InChI is InChI=1S/C7H11O5P/c1-2-7(8)10-5-6-13(9)11-3-4-12-13/h2H,1,3-6H2. The summed E-state index contributed by atoms with van der Waals surface area (Å²) in [5, 5.41) is 0. The second kappa shape index (κ2) is 4.56. The van der Waals surface area contributed by atoms with E-state index in [1.54, 1.807) is 0 Å². The highest BCUT2D eigenvalue weighted by atomic mass is 31.2. The van der Waals surface area contributed by atoms with Crippen LogP contribution < -0.4 is 0 Å². The number of hydrogen-bond acceptors (Lipinski definition) is 5. The molecule has 1 rings (SSSR count). The van der Waals surface area contributed by atoms with Crippen molar-refractivity contribution in [3.8, 4) is 0 Å². The highest BCUT2D eigenvalue weighted by molar-refractivity contribution is 7.54. The first-order valence-corrected chi connectivity index (χ1v) is 5.56. The molecule has 0 saturated carbocycles. The second-order valence-corrected chi connectivity index (χ2v) is 4.56. The van der Waals surface area contributed by atoms with Gasteiger partial charge < -0.3 is 13.8 Å². The monoisotopic (exact) mass is 206 g/mol. The van der Waals surface area contributed by atoms with Gasteiger partial charge in [-0.05, 0) is 0 Å². The molecule has 1 aliphatic rings. The largest absolute Gasteiger partial charge is 0.462 e. The zero-order valence-electron chi connectivity index (χ0n) is 7.10. The predicted molar refractivity (Wildman–Crippen MR) is 45.5 cm³/mol. The van der Waals surface area contributed by atoms with Crippen LogP contribution in [0.3, 0.4) is 0 Å². The van der Waals surface area contributed by atoms with Gasteiger partial charge in [-0.1, -0.05) is 6.58 Å². The van der Waals surface area contributed by atoms with Gasteiger partial charge in [-0.15, -0.1) is 0 Å². The molecule has 1 heterocycles. The van der Waals surface area contributed by atoms with Gasteiger partial charge in [0, 0.05) is 6.08 Å². The van der Waals surface area contributed by atoms with Crippen LogP contribution in [0.5, 0.6) is 0 Å². The first kappa shape index (κ1) is 10.4. The fourth-order valence-electron chi connectivity index (χ4n) is 0.836. The van der Waals surface area contributed by atoms with Gasteiger partial charge >= 0.3 is 13.6 Å². The molecule has 0 amide bonds. The Kier molecular flexibility index (Phi) is 3.66. The summed E-state index contributed by atoms with van der Waals surface area (Å²) < 4.78 is 25.8. The number of esters is 1. The van der Waals surface area contributed by atoms with Crippen molar-refractivity contribution in [2.75, 3.05) is 26.0 Å². The third-order valence-electron chi connectivity index (χ3n) is 1.44. The minimum atomic E-state index is -2.95. The summed E-state index contributed by atoms with van der Waals surface area (Å²) in [7, 11) is -2.95. The molecule has 0 atom stereocenters. The topological polar surface area (TPSA) is 61.8 Å². The van der Waals surface area contributed by atoms with Crippen LogP contribution in [0.15, 0.2) is 12.7 Å². The molecule has 6 heteroatoms. The maximum atomic E-state index is 11.4. The van der Waals surface area contributed by atoms with E-state index in [-0.39, 0.29) is 12.8 Å². The van der Waals surface area contributed by atoms with Gasteiger partial charge in [0.05, 0.1) is 19.4 Å². The number of carbonyl (C=O) groups excluding carboxylic acids is 1. The number of rotatable bonds is 4. The molecule has 0 unspecified atom stereocenters. The summed E-state index contributed by atoms with van der Waals surface area (Å²) >= 11 is 0. The smallest absolute Gasteiger partial charge is 0.334 e. The van der Waals surface area contributed by atoms with Crippen LogP contribution in [0.2, 0.25) is 0 Å². The Morgan fingerprint density at radius 1 is 1.54 bits per heavy atom. The van der Waals surface area contributed by atoms with Crippen molar-refractivity contribution >= 4 is 13.6 Å². The number of hydrogen-bond donors (Lipinski definition) is 0. The molecule has 0 N–H and O–H groups in total. The normalized spacial score (nSPS) is 19.7. The van der Waals surface area contributed by atoms with Gasteiger partial charge in [0.25, 0.3) is 0 Å². The van der Waals surface area contributed by atoms with Crippen molar-refractivity contribution in [3.63, 3.8) is 0 Å². The van der Waals surface area contributed by atoms with Crippen molar-refractivity contribution < 1.29 is 23.1 Å². The fraction of sp³-hybridized carbons (Fsp3) is 0.571. The van der Waals surface area contributed by atoms with Crippen LogP contribution in [0.4, 0.5) is 0 Å². The average molecular weight is 206 g/mol. The molecule has 0 aromatic heterocycles. The molecule has 0 bridgehead atoms. The number of ether oxygens (including phenoxy) is 1. The van der Waals surface area contributed by atoms with E-state index < -0.39 is 13.6 Å². The summed E-state index contributed by atoms with van der Waals surface area (Å²) in [5.74, 6) is -0.536. The Morgan fingerprint density at radius 2 is 2.15 bits per heavy atom. The maximum Gasteiger partial charge on any atom is 0.334 e. The molecule has 74 valence electrons. The first-order valence-electron chi connectivity index (χ1n) is 3.84. The Hall–Kier alpha value is -0.640. The second-order valence-electron chi connectivity index (χ2n) is 2.37. The van der Waals surface area contributed by atoms with Crippen LogP contribution in [0.25, 0.3) is 0 Å². The van der Waals surface area contributed by atoms with Crippen LogP contribution in [0, 0.1) is 0 Å². The van der Waals surface area contributed by atoms with Crippen LogP contribution in [0.1, 0.15) is 0 Å². The molecule has 1 fully saturated rings. The lowest BCUT2D eigenvalue weighted by Gasteiger charge is -2.08. The van der Waals surface area contributed by atoms with Gasteiger partial charge in [0.2, 0.25) is 0 Å². The lowest BCUT2D eigenvalue weighted by Crippen LogP contribution is -2.06. The summed E-state index contributed by atoms with van der Waals surface area (Å²) in [6.45, 7) is 3.93. The van der Waals surface area contributed by atoms with Crippen molar-refractivity contribution in [2.24, 2.45) is 0 Å². The summed E-state index contributed by atoms with van der Waals surface area (Å²) in [6.07, 6.45) is 1.15. The summed E-state index contributed by atoms with van der Waals surface area (Å²) in [4.78, 5) is 10.6. The van der Waals surface area contributed by atoms with Crippen LogP contribution in [-0.2, 0) is 23.1 Å². The first-order chi connectivity index (χ1) is 6.16. The molecule has 0 aromatic carbocycles. The third-order valence-corrected chi connectivity index (χ3v) is 3.32. The quantitative estimate of drug-likeness (QED) is 0.389. The molecule has 1 aliphatic heterocycles. The SMILES string of the molecule is C=CC(=O)OCCP1(=O)OCCO1. The molecule has 13 heavy (non-hydrogen) atoms. The molecule has 0 aromatic rings. The highest BCUT2D eigenvalue weighted by Crippen LogP contribution is 2.51. The Balaban J connectivity index is 2.22. The maximum absolute atomic E-state index is 11.4. The lowest BCUT2D eigenvalue weighted by molar-refractivity contribution is -0.137. The van der Waals surface area contributed by atoms with Gasteiger partial charge in [-0.3, -0.25) is 4.57 Å². The van der Waals surface area contributed by atoms with E-state index in [0.29, 0.717) is 13.2 Å². The van der Waals surface area contributed by atoms with Crippen molar-refractivity contribution in [2.45, 2.75) is 0 Å². The number of carbonyl (C=O) groups is 1. The Labute approximate surface area is 76.2 Å². The average Bonchev–Trinajstić information content (AvgIpc) is 2.52. The molecule has 0 aliphatic carbocycles. The van der Waals surface area contributed by atoms with E-state index >= 15 is 0 Å². The molecule has 1 saturated heterocycles. The van der Waals surface area contributed by atoms with E-state index in [1.165, 1.54) is 0 Å². The highest BCUT2D eigenvalue weighted by Gasteiger charge is 2.29. The van der Waals surface area contributed by atoms with Crippen molar-refractivity contribution in [3.05, 3.63) is 12.7 Å². The van der Waals surface area contributed by atoms with Crippen LogP contribution >= 0.6 is 7.60 Å². The van der Waals surface area contributed by atoms with Crippen LogP contribution in [-0.4, -0.2) is 32.0 Å². The van der Waals surface area contributed by atoms with Gasteiger partial charge in [-0.25, -0.2) is 4.79 Å². The Bertz CT molecular complexity index is 239. The van der Waals surface area contributed by atoms with E-state index in [2.05, 4.69) is 11.3 Å². The van der Waals surface area contributed by atoms with E-state index in [0.717, 1.165) is 6.08 Å². The van der Waals surface area contributed by atoms with E-state index in [9.17, 15) is 9.36 Å². The van der Waals surface area contributed by atoms with E-state index in [1.807, 2.05) is 0 Å². The molecular formula is C7H11O5P. The van der Waals surface area contributed by atoms with Gasteiger partial charge in [-0.2, -0.15) is 0 Å². The van der Waals surface area contributed by atoms with E-state index in [4.69, 9.17) is 9.05 Å². The van der Waals surface area contributed by atoms with Gasteiger partial charge in [0.1, 0.15) is 6.61 Å². The molecular weight excluding hydrogens is 195 g/mol. The minimum absolute atomic E-state index is 0.0299.